The van der Waals surface area contributed by atoms with E-state index in [9.17, 15) is 9.59 Å². The fourth-order valence-corrected chi connectivity index (χ4v) is 5.96. The van der Waals surface area contributed by atoms with Gasteiger partial charge in [-0.2, -0.15) is 0 Å². The van der Waals surface area contributed by atoms with Gasteiger partial charge in [0.05, 0.1) is 11.4 Å². The van der Waals surface area contributed by atoms with Crippen molar-refractivity contribution >= 4 is 40.3 Å². The summed E-state index contributed by atoms with van der Waals surface area (Å²) in [5.41, 5.74) is 6.92. The Morgan fingerprint density at radius 2 is 1.85 bits per heavy atom. The first kappa shape index (κ1) is 26.9. The Labute approximate surface area is 235 Å². The summed E-state index contributed by atoms with van der Waals surface area (Å²) in [5.74, 6) is 0.564. The molecule has 204 valence electrons. The van der Waals surface area contributed by atoms with Crippen molar-refractivity contribution in [2.75, 3.05) is 35.2 Å². The van der Waals surface area contributed by atoms with Crippen molar-refractivity contribution in [3.8, 4) is 0 Å². The van der Waals surface area contributed by atoms with E-state index in [-0.39, 0.29) is 17.4 Å². The summed E-state index contributed by atoms with van der Waals surface area (Å²) in [5, 5.41) is 10.2. The van der Waals surface area contributed by atoms with Gasteiger partial charge in [-0.1, -0.05) is 25.5 Å². The molecule has 39 heavy (non-hydrogen) atoms. The van der Waals surface area contributed by atoms with Gasteiger partial charge in [-0.05, 0) is 92.4 Å². The van der Waals surface area contributed by atoms with E-state index in [2.05, 4.69) is 59.8 Å². The maximum Gasteiger partial charge on any atom is 0.251 e. The molecule has 2 unspecified atom stereocenters. The molecule has 2 aliphatic rings. The van der Waals surface area contributed by atoms with Gasteiger partial charge in [-0.25, -0.2) is 0 Å². The zero-order chi connectivity index (χ0) is 27.5. The van der Waals surface area contributed by atoms with Crippen LogP contribution in [0.4, 0.5) is 17.1 Å². The van der Waals surface area contributed by atoms with Crippen molar-refractivity contribution in [1.29, 1.82) is 0 Å². The van der Waals surface area contributed by atoms with E-state index in [1.54, 1.807) is 6.07 Å². The highest BCUT2D eigenvalue weighted by Gasteiger charge is 2.35. The van der Waals surface area contributed by atoms with Crippen molar-refractivity contribution in [3.63, 3.8) is 0 Å². The van der Waals surface area contributed by atoms with Gasteiger partial charge >= 0.3 is 0 Å². The Hall–Kier alpha value is -3.65. The largest absolute Gasteiger partial charge is 0.369 e. The number of anilines is 3. The summed E-state index contributed by atoms with van der Waals surface area (Å²) >= 11 is 5.72. The molecule has 0 aliphatic carbocycles. The highest BCUT2D eigenvalue weighted by atomic mass is 32.1. The van der Waals surface area contributed by atoms with Gasteiger partial charge in [0, 0.05) is 55.1 Å². The summed E-state index contributed by atoms with van der Waals surface area (Å²) in [6, 6.07) is 17.6. The van der Waals surface area contributed by atoms with Crippen LogP contribution >= 0.6 is 12.2 Å². The molecule has 2 aliphatic heterocycles. The van der Waals surface area contributed by atoms with Gasteiger partial charge in [0.1, 0.15) is 0 Å². The minimum Gasteiger partial charge on any atom is -0.369 e. The number of thiocarbonyl (C=S) groups is 1. The number of carbonyl (C=O) groups is 1. The molecule has 1 amide bonds. The van der Waals surface area contributed by atoms with Crippen molar-refractivity contribution in [1.82, 2.24) is 9.88 Å². The van der Waals surface area contributed by atoms with Crippen LogP contribution in [0.15, 0.2) is 59.4 Å². The minimum absolute atomic E-state index is 0.0826. The van der Waals surface area contributed by atoms with Crippen LogP contribution in [0.1, 0.15) is 59.3 Å². The number of carbonyl (C=O) groups excluding carboxylic acids is 1. The quantitative estimate of drug-likeness (QED) is 0.273. The molecule has 2 bridgehead atoms. The third-order valence-corrected chi connectivity index (χ3v) is 8.11. The normalized spacial score (nSPS) is 17.8. The van der Waals surface area contributed by atoms with Gasteiger partial charge in [0.25, 0.3) is 11.5 Å². The standard InChI is InChI=1S/C31H37N5O2S/c1-4-5-13-32-30(38)23-10-12-28(26(16-23)34-31(39)33-25-11-9-20(2)21(3)14-25)35-17-22-15-24(19-35)27-7-6-8-29(37)36(27)18-22/h6-12,14,16,22,24H,4-5,13,15,17-19H2,1-3H3,(H,32,38)(H2,33,34,39). The number of benzene rings is 2. The number of hydrogen-bond acceptors (Lipinski definition) is 4. The monoisotopic (exact) mass is 543 g/mol. The molecule has 3 aromatic rings. The van der Waals surface area contributed by atoms with Crippen LogP contribution in [-0.2, 0) is 6.54 Å². The molecule has 8 heteroatoms. The average Bonchev–Trinajstić information content (AvgIpc) is 2.91. The first-order valence-corrected chi connectivity index (χ1v) is 14.3. The van der Waals surface area contributed by atoms with E-state index in [4.69, 9.17) is 12.2 Å². The highest BCUT2D eigenvalue weighted by molar-refractivity contribution is 7.80. The lowest BCUT2D eigenvalue weighted by atomic mass is 9.83. The number of piperidine rings is 1. The van der Waals surface area contributed by atoms with Crippen molar-refractivity contribution in [3.05, 3.63) is 87.3 Å². The lowest BCUT2D eigenvalue weighted by molar-refractivity contribution is 0.0953. The molecule has 1 fully saturated rings. The fraction of sp³-hybridized carbons (Fsp3) is 0.387. The van der Waals surface area contributed by atoms with Crippen LogP contribution in [0.5, 0.6) is 0 Å². The fourth-order valence-electron chi connectivity index (χ4n) is 5.73. The van der Waals surface area contributed by atoms with Gasteiger partial charge in [-0.3, -0.25) is 9.59 Å². The molecule has 3 heterocycles. The Balaban J connectivity index is 1.42. The van der Waals surface area contributed by atoms with Gasteiger partial charge < -0.3 is 25.4 Å². The van der Waals surface area contributed by atoms with E-state index in [0.29, 0.717) is 23.1 Å². The van der Waals surface area contributed by atoms with E-state index in [1.165, 1.54) is 11.1 Å². The maximum atomic E-state index is 12.9. The zero-order valence-corrected chi connectivity index (χ0v) is 23.7. The number of rotatable bonds is 7. The molecule has 3 N–H and O–H groups in total. The third kappa shape index (κ3) is 6.01. The van der Waals surface area contributed by atoms with Gasteiger partial charge in [0.15, 0.2) is 5.11 Å². The minimum atomic E-state index is -0.0881. The van der Waals surface area contributed by atoms with Gasteiger partial charge in [0.2, 0.25) is 0 Å². The number of pyridine rings is 1. The molecule has 7 nitrogen and oxygen atoms in total. The summed E-state index contributed by atoms with van der Waals surface area (Å²) in [7, 11) is 0. The first-order chi connectivity index (χ1) is 18.8. The maximum absolute atomic E-state index is 12.9. The molecule has 5 rings (SSSR count). The molecule has 2 atom stereocenters. The number of aromatic nitrogens is 1. The number of hydrogen-bond donors (Lipinski definition) is 3. The summed E-state index contributed by atoms with van der Waals surface area (Å²) in [6.07, 6.45) is 3.05. The molecular weight excluding hydrogens is 506 g/mol. The molecule has 2 aromatic carbocycles. The first-order valence-electron chi connectivity index (χ1n) is 13.8. The predicted octanol–water partition coefficient (Wildman–Crippen LogP) is 5.43. The van der Waals surface area contributed by atoms with E-state index in [1.807, 2.05) is 34.9 Å². The SMILES string of the molecule is CCCCNC(=O)c1ccc(N2CC3CC(C2)c2cccc(=O)n2C3)c(NC(=S)Nc2ccc(C)c(C)c2)c1. The number of amides is 1. The van der Waals surface area contributed by atoms with Crippen LogP contribution in [0.25, 0.3) is 0 Å². The zero-order valence-electron chi connectivity index (χ0n) is 22.9. The molecular formula is C31H37N5O2S. The topological polar surface area (TPSA) is 78.4 Å². The number of fused-ring (bicyclic) bond motifs is 4. The highest BCUT2D eigenvalue weighted by Crippen LogP contribution is 2.39. The summed E-state index contributed by atoms with van der Waals surface area (Å²) in [6.45, 7) is 9.29. The van der Waals surface area contributed by atoms with E-state index in [0.717, 1.165) is 61.7 Å². The Morgan fingerprint density at radius 1 is 1.00 bits per heavy atom. The molecule has 1 aromatic heterocycles. The van der Waals surface area contributed by atoms with Crippen molar-refractivity contribution in [2.45, 2.75) is 52.5 Å². The van der Waals surface area contributed by atoms with Crippen LogP contribution < -0.4 is 26.4 Å². The average molecular weight is 544 g/mol. The second-order valence-electron chi connectivity index (χ2n) is 10.8. The summed E-state index contributed by atoms with van der Waals surface area (Å²) < 4.78 is 1.95. The van der Waals surface area contributed by atoms with Gasteiger partial charge in [-0.15, -0.1) is 0 Å². The lowest BCUT2D eigenvalue weighted by Gasteiger charge is -2.44. The Morgan fingerprint density at radius 3 is 2.64 bits per heavy atom. The summed E-state index contributed by atoms with van der Waals surface area (Å²) in [4.78, 5) is 27.8. The van der Waals surface area contributed by atoms with Crippen LogP contribution in [-0.4, -0.2) is 35.2 Å². The second-order valence-corrected chi connectivity index (χ2v) is 11.2. The smallest absolute Gasteiger partial charge is 0.251 e. The molecule has 0 radical (unpaired) electrons. The van der Waals surface area contributed by atoms with Crippen LogP contribution in [0.3, 0.4) is 0 Å². The van der Waals surface area contributed by atoms with Crippen LogP contribution in [0, 0.1) is 19.8 Å². The molecule has 0 saturated carbocycles. The number of aryl methyl sites for hydroxylation is 2. The van der Waals surface area contributed by atoms with E-state index < -0.39 is 0 Å². The van der Waals surface area contributed by atoms with E-state index >= 15 is 0 Å². The van der Waals surface area contributed by atoms with Crippen molar-refractivity contribution < 1.29 is 4.79 Å². The number of nitrogens with one attached hydrogen (secondary N) is 3. The molecule has 0 spiro atoms. The van der Waals surface area contributed by atoms with Crippen molar-refractivity contribution in [2.24, 2.45) is 5.92 Å². The Bertz CT molecular complexity index is 1450. The second kappa shape index (κ2) is 11.6. The third-order valence-electron chi connectivity index (χ3n) is 7.91. The van der Waals surface area contributed by atoms with Crippen LogP contribution in [0.2, 0.25) is 0 Å². The number of nitrogens with zero attached hydrogens (tertiary/aromatic N) is 2. The predicted molar refractivity (Wildman–Crippen MR) is 163 cm³/mol. The number of unbranched alkanes of at least 4 members (excludes halogenated alkanes) is 1. The lowest BCUT2D eigenvalue weighted by Crippen LogP contribution is -2.47. The Kier molecular flexibility index (Phi) is 8.02. The molecule has 1 saturated heterocycles.